The lowest BCUT2D eigenvalue weighted by Gasteiger charge is -2.49. The lowest BCUT2D eigenvalue weighted by atomic mass is 9.80. The number of piperidine rings is 1. The van der Waals surface area contributed by atoms with E-state index in [1.54, 1.807) is 6.08 Å². The molecule has 36 heavy (non-hydrogen) atoms. The van der Waals surface area contributed by atoms with E-state index < -0.39 is 25.0 Å². The van der Waals surface area contributed by atoms with Crippen LogP contribution in [-0.2, 0) is 28.7 Å². The Morgan fingerprint density at radius 3 is 2.00 bits per heavy atom. The normalized spacial score (nSPS) is 20.4. The van der Waals surface area contributed by atoms with E-state index in [1.165, 1.54) is 6.08 Å². The van der Waals surface area contributed by atoms with Gasteiger partial charge in [0.15, 0.2) is 8.32 Å². The third-order valence-corrected chi connectivity index (χ3v) is 11.6. The summed E-state index contributed by atoms with van der Waals surface area (Å²) < 4.78 is 17.7. The molecular weight excluding hydrogens is 474 g/mol. The van der Waals surface area contributed by atoms with Gasteiger partial charge in [0.2, 0.25) is 0 Å². The monoisotopic (exact) mass is 526 g/mol. The molecule has 0 saturated carbocycles. The van der Waals surface area contributed by atoms with Crippen LogP contribution >= 0.6 is 0 Å². The van der Waals surface area contributed by atoms with Gasteiger partial charge in [0.25, 0.3) is 0 Å². The summed E-state index contributed by atoms with van der Waals surface area (Å²) in [5, 5.41) is 13.7. The summed E-state index contributed by atoms with van der Waals surface area (Å²) in [5.41, 5.74) is -1.69. The van der Waals surface area contributed by atoms with E-state index in [0.717, 1.165) is 11.5 Å². The molecule has 7 nitrogen and oxygen atoms in total. The maximum absolute atomic E-state index is 12.6. The van der Waals surface area contributed by atoms with Crippen LogP contribution in [0, 0.1) is 0 Å². The number of carbonyl (C=O) groups is 2. The van der Waals surface area contributed by atoms with Crippen LogP contribution in [0.5, 0.6) is 0 Å². The Morgan fingerprint density at radius 2 is 1.53 bits per heavy atom. The highest BCUT2D eigenvalue weighted by Crippen LogP contribution is 2.39. The van der Waals surface area contributed by atoms with Gasteiger partial charge in [0.05, 0.1) is 6.10 Å². The zero-order valence-electron chi connectivity index (χ0n) is 24.9. The van der Waals surface area contributed by atoms with Crippen molar-refractivity contribution < 1.29 is 28.7 Å². The van der Waals surface area contributed by atoms with E-state index in [-0.39, 0.29) is 29.2 Å². The number of hydrogen-bond acceptors (Lipinski definition) is 6. The number of esters is 2. The lowest BCUT2D eigenvalue weighted by molar-refractivity contribution is -0.299. The highest BCUT2D eigenvalue weighted by Gasteiger charge is 2.47. The van der Waals surface area contributed by atoms with Gasteiger partial charge < -0.3 is 13.9 Å². The van der Waals surface area contributed by atoms with E-state index >= 15 is 0 Å². The van der Waals surface area contributed by atoms with Gasteiger partial charge >= 0.3 is 11.9 Å². The molecule has 1 radical (unpaired) electrons. The molecule has 1 aliphatic heterocycles. The number of ether oxygens (including phenoxy) is 2. The Balaban J connectivity index is 2.68. The first-order valence-electron chi connectivity index (χ1n) is 13.3. The summed E-state index contributed by atoms with van der Waals surface area (Å²) in [4.78, 5) is 24.8. The zero-order chi connectivity index (χ0) is 28.2. The molecule has 1 rings (SSSR count). The fourth-order valence-electron chi connectivity index (χ4n) is 4.39. The van der Waals surface area contributed by atoms with Crippen molar-refractivity contribution in [2.24, 2.45) is 0 Å². The van der Waals surface area contributed by atoms with Crippen molar-refractivity contribution in [2.45, 2.75) is 155 Å². The van der Waals surface area contributed by atoms with E-state index in [0.29, 0.717) is 32.1 Å². The van der Waals surface area contributed by atoms with Crippen LogP contribution in [0.3, 0.4) is 0 Å². The molecule has 1 heterocycles. The first-order valence-corrected chi connectivity index (χ1v) is 16.2. The van der Waals surface area contributed by atoms with Crippen LogP contribution in [0.1, 0.15) is 108 Å². The van der Waals surface area contributed by atoms with E-state index in [4.69, 9.17) is 13.9 Å². The molecule has 1 fully saturated rings. The Labute approximate surface area is 221 Å². The summed E-state index contributed by atoms with van der Waals surface area (Å²) in [6.07, 6.45) is 6.31. The minimum Gasteiger partial charge on any atom is -0.462 e. The molecule has 8 heteroatoms. The molecule has 0 spiro atoms. The molecule has 1 atom stereocenters. The van der Waals surface area contributed by atoms with Gasteiger partial charge in [-0.05, 0) is 85.5 Å². The van der Waals surface area contributed by atoms with Crippen LogP contribution in [0.4, 0.5) is 0 Å². The first-order chi connectivity index (χ1) is 16.1. The molecule has 0 bridgehead atoms. The van der Waals surface area contributed by atoms with Gasteiger partial charge in [-0.15, -0.1) is 10.3 Å². The average Bonchev–Trinajstić information content (AvgIpc) is 2.64. The van der Waals surface area contributed by atoms with Crippen molar-refractivity contribution in [1.82, 2.24) is 5.06 Å². The largest absolute Gasteiger partial charge is 0.462 e. The maximum Gasteiger partial charge on any atom is 0.331 e. The lowest BCUT2D eigenvalue weighted by Crippen LogP contribution is -2.60. The Bertz CT molecular complexity index is 758. The third kappa shape index (κ3) is 10.6. The van der Waals surface area contributed by atoms with Crippen LogP contribution < -0.4 is 0 Å². The summed E-state index contributed by atoms with van der Waals surface area (Å²) >= 11 is 0. The molecule has 1 saturated heterocycles. The van der Waals surface area contributed by atoms with E-state index in [2.05, 4.69) is 33.9 Å². The van der Waals surface area contributed by atoms with Crippen molar-refractivity contribution in [3.63, 3.8) is 0 Å². The number of hydrogen-bond donors (Lipinski definition) is 0. The summed E-state index contributed by atoms with van der Waals surface area (Å²) in [6, 6.07) is 0. The second-order valence-corrected chi connectivity index (χ2v) is 18.8. The molecule has 0 amide bonds. The predicted molar refractivity (Wildman–Crippen MR) is 145 cm³/mol. The smallest absolute Gasteiger partial charge is 0.331 e. The van der Waals surface area contributed by atoms with Crippen LogP contribution in [0.15, 0.2) is 12.2 Å². The quantitative estimate of drug-likeness (QED) is 0.136. The molecule has 0 aliphatic carbocycles. The summed E-state index contributed by atoms with van der Waals surface area (Å²) in [5.74, 6) is -0.609. The molecule has 1 aliphatic rings. The SMILES string of the molecule is CC(C)(C)OC(=O)/C=C/C(CCCCC(=O)OC1CC(C)(C)N([O])C(C)(C)C1)O[Si](C)(C)C(C)(C)C. The van der Waals surface area contributed by atoms with Gasteiger partial charge in [-0.2, -0.15) is 0 Å². The fraction of sp³-hybridized carbons (Fsp3) is 0.857. The maximum atomic E-state index is 12.6. The van der Waals surface area contributed by atoms with Crippen molar-refractivity contribution >= 4 is 20.3 Å². The van der Waals surface area contributed by atoms with Crippen molar-refractivity contribution in [3.8, 4) is 0 Å². The number of rotatable bonds is 10. The van der Waals surface area contributed by atoms with Gasteiger partial charge in [0.1, 0.15) is 11.7 Å². The highest BCUT2D eigenvalue weighted by atomic mass is 28.4. The topological polar surface area (TPSA) is 85.0 Å². The molecule has 0 aromatic heterocycles. The van der Waals surface area contributed by atoms with Crippen LogP contribution in [0.2, 0.25) is 18.1 Å². The Kier molecular flexibility index (Phi) is 11.0. The molecule has 0 N–H and O–H groups in total. The van der Waals surface area contributed by atoms with Gasteiger partial charge in [0, 0.05) is 36.4 Å². The van der Waals surface area contributed by atoms with Crippen LogP contribution in [-0.4, -0.2) is 54.2 Å². The average molecular weight is 527 g/mol. The van der Waals surface area contributed by atoms with E-state index in [9.17, 15) is 14.8 Å². The van der Waals surface area contributed by atoms with Crippen molar-refractivity contribution in [1.29, 1.82) is 0 Å². The molecule has 209 valence electrons. The summed E-state index contributed by atoms with van der Waals surface area (Å²) in [6.45, 7) is 24.0. The first kappa shape index (κ1) is 32.8. The minimum atomic E-state index is -2.06. The van der Waals surface area contributed by atoms with Crippen LogP contribution in [0.25, 0.3) is 0 Å². The number of unbranched alkanes of at least 4 members (excludes halogenated alkanes) is 1. The minimum absolute atomic E-state index is 0.0377. The molecule has 1 unspecified atom stereocenters. The fourth-order valence-corrected chi connectivity index (χ4v) is 5.69. The van der Waals surface area contributed by atoms with Gasteiger partial charge in [-0.1, -0.05) is 27.2 Å². The summed E-state index contributed by atoms with van der Waals surface area (Å²) in [7, 11) is -2.06. The second-order valence-electron chi connectivity index (χ2n) is 14.0. The standard InChI is InChI=1S/C28H52NO6Si/c1-25(2,3)34-24(31)18-17-21(35-36(11,12)26(4,5)6)15-13-14-16-23(30)33-22-19-27(7,8)29(32)28(9,10)20-22/h17-18,21-22H,13-16,19-20H2,1-12H3/b18-17+. The number of nitrogens with zero attached hydrogens (tertiary/aromatic N) is 1. The Morgan fingerprint density at radius 1 is 1.00 bits per heavy atom. The van der Waals surface area contributed by atoms with Crippen molar-refractivity contribution in [3.05, 3.63) is 12.2 Å². The molecule has 0 aromatic carbocycles. The second kappa shape index (κ2) is 12.1. The number of carbonyl (C=O) groups excluding carboxylic acids is 2. The molecule has 0 aromatic rings. The number of hydroxylamine groups is 2. The van der Waals surface area contributed by atoms with Crippen molar-refractivity contribution in [2.75, 3.05) is 0 Å². The third-order valence-electron chi connectivity index (χ3n) is 7.08. The highest BCUT2D eigenvalue weighted by molar-refractivity contribution is 6.74. The van der Waals surface area contributed by atoms with E-state index in [1.807, 2.05) is 48.5 Å². The Hall–Kier alpha value is -1.22. The van der Waals surface area contributed by atoms with Gasteiger partial charge in [-0.25, -0.2) is 4.79 Å². The molecular formula is C28H52NO6Si. The zero-order valence-corrected chi connectivity index (χ0v) is 25.9. The van der Waals surface area contributed by atoms with Gasteiger partial charge in [-0.3, -0.25) is 4.79 Å². The predicted octanol–water partition coefficient (Wildman–Crippen LogP) is 6.75.